The lowest BCUT2D eigenvalue weighted by atomic mass is 10.2. The van der Waals surface area contributed by atoms with Crippen molar-refractivity contribution in [3.8, 4) is 11.4 Å². The van der Waals surface area contributed by atoms with Crippen molar-refractivity contribution in [2.45, 2.75) is 6.18 Å². The van der Waals surface area contributed by atoms with Crippen molar-refractivity contribution < 1.29 is 13.2 Å². The van der Waals surface area contributed by atoms with Gasteiger partial charge in [0.2, 0.25) is 0 Å². The molecule has 7 heteroatoms. The molecule has 0 aliphatic heterocycles. The van der Waals surface area contributed by atoms with Gasteiger partial charge in [0.25, 0.3) is 0 Å². The van der Waals surface area contributed by atoms with Gasteiger partial charge in [-0.05, 0) is 0 Å². The van der Waals surface area contributed by atoms with E-state index in [1.807, 2.05) is 30.3 Å². The van der Waals surface area contributed by atoms with Crippen LogP contribution in [-0.2, 0) is 0 Å². The first-order valence-corrected chi connectivity index (χ1v) is 6.29. The van der Waals surface area contributed by atoms with Gasteiger partial charge in [-0.15, -0.1) is 0 Å². The van der Waals surface area contributed by atoms with Crippen LogP contribution in [0.25, 0.3) is 11.4 Å². The van der Waals surface area contributed by atoms with Crippen LogP contribution >= 0.6 is 0 Å². The summed E-state index contributed by atoms with van der Waals surface area (Å²) in [6, 6.07) is 10.6. The maximum absolute atomic E-state index is 12.5. The highest BCUT2D eigenvalue weighted by atomic mass is 19.4. The predicted molar refractivity (Wildman–Crippen MR) is 76.3 cm³/mol. The highest BCUT2D eigenvalue weighted by molar-refractivity contribution is 5.61. The Hall–Kier alpha value is -2.31. The molecule has 0 aliphatic rings. The zero-order valence-electron chi connectivity index (χ0n) is 11.6. The molecular formula is C14H15F3N4. The van der Waals surface area contributed by atoms with Gasteiger partial charge >= 0.3 is 6.18 Å². The number of hydrogen-bond acceptors (Lipinski definition) is 4. The van der Waals surface area contributed by atoms with E-state index >= 15 is 0 Å². The molecule has 0 radical (unpaired) electrons. The molecule has 2 aromatic rings. The Kier molecular flexibility index (Phi) is 4.30. The molecule has 1 aromatic heterocycles. The Morgan fingerprint density at radius 1 is 1.14 bits per heavy atom. The minimum atomic E-state index is -4.29. The Labute approximate surface area is 120 Å². The number of nitrogens with zero attached hydrogens (tertiary/aromatic N) is 3. The summed E-state index contributed by atoms with van der Waals surface area (Å²) in [5.74, 6) is 1.06. The first kappa shape index (κ1) is 15.1. The fourth-order valence-electron chi connectivity index (χ4n) is 1.82. The molecule has 1 N–H and O–H groups in total. The smallest absolute Gasteiger partial charge is 0.373 e. The molecule has 0 fully saturated rings. The van der Waals surface area contributed by atoms with E-state index in [-0.39, 0.29) is 5.82 Å². The van der Waals surface area contributed by atoms with Gasteiger partial charge in [0.15, 0.2) is 5.82 Å². The van der Waals surface area contributed by atoms with Crippen LogP contribution in [0.3, 0.4) is 0 Å². The molecule has 0 spiro atoms. The highest BCUT2D eigenvalue weighted by Gasteiger charge is 2.30. The quantitative estimate of drug-likeness (QED) is 0.941. The molecule has 21 heavy (non-hydrogen) atoms. The lowest BCUT2D eigenvalue weighted by Gasteiger charge is -2.21. The van der Waals surface area contributed by atoms with E-state index in [0.29, 0.717) is 11.6 Å². The summed E-state index contributed by atoms with van der Waals surface area (Å²) in [7, 11) is 3.01. The maximum Gasteiger partial charge on any atom is 0.405 e. The van der Waals surface area contributed by atoms with E-state index in [9.17, 15) is 13.2 Å². The Morgan fingerprint density at radius 3 is 2.38 bits per heavy atom. The molecule has 2 rings (SSSR count). The average molecular weight is 296 g/mol. The van der Waals surface area contributed by atoms with Crippen LogP contribution in [0.4, 0.5) is 24.8 Å². The molecule has 112 valence electrons. The summed E-state index contributed by atoms with van der Waals surface area (Å²) in [5.41, 5.74) is 0.747. The normalized spacial score (nSPS) is 11.3. The van der Waals surface area contributed by atoms with E-state index in [4.69, 9.17) is 0 Å². The summed E-state index contributed by atoms with van der Waals surface area (Å²) in [4.78, 5) is 9.53. The summed E-state index contributed by atoms with van der Waals surface area (Å²) >= 11 is 0. The standard InChI is InChI=1S/C14H15F3N4/c1-18-11-8-12(21(2)9-14(15,16)17)20-13(19-11)10-6-4-3-5-7-10/h3-8H,9H2,1-2H3,(H,18,19,20). The number of halogens is 3. The number of aromatic nitrogens is 2. The van der Waals surface area contributed by atoms with Crippen LogP contribution in [-0.4, -0.2) is 36.8 Å². The van der Waals surface area contributed by atoms with Crippen molar-refractivity contribution in [2.24, 2.45) is 0 Å². The van der Waals surface area contributed by atoms with Gasteiger partial charge in [0.05, 0.1) is 0 Å². The fraction of sp³-hybridized carbons (Fsp3) is 0.286. The van der Waals surface area contributed by atoms with Crippen LogP contribution in [0, 0.1) is 0 Å². The number of anilines is 2. The second-order valence-corrected chi connectivity index (χ2v) is 4.52. The van der Waals surface area contributed by atoms with Crippen LogP contribution < -0.4 is 10.2 Å². The van der Waals surface area contributed by atoms with Crippen molar-refractivity contribution in [1.82, 2.24) is 9.97 Å². The summed E-state index contributed by atoms with van der Waals surface area (Å²) < 4.78 is 37.5. The van der Waals surface area contributed by atoms with Crippen LogP contribution in [0.15, 0.2) is 36.4 Å². The molecule has 0 unspecified atom stereocenters. The third kappa shape index (κ3) is 4.08. The second-order valence-electron chi connectivity index (χ2n) is 4.52. The van der Waals surface area contributed by atoms with E-state index in [0.717, 1.165) is 10.5 Å². The minimum Gasteiger partial charge on any atom is -0.373 e. The molecule has 0 saturated carbocycles. The maximum atomic E-state index is 12.5. The number of alkyl halides is 3. The third-order valence-corrected chi connectivity index (χ3v) is 2.81. The first-order valence-electron chi connectivity index (χ1n) is 6.29. The van der Waals surface area contributed by atoms with Crippen molar-refractivity contribution in [2.75, 3.05) is 30.9 Å². The van der Waals surface area contributed by atoms with Gasteiger partial charge in [0.1, 0.15) is 18.2 Å². The fourth-order valence-corrected chi connectivity index (χ4v) is 1.82. The predicted octanol–water partition coefficient (Wildman–Crippen LogP) is 3.18. The van der Waals surface area contributed by atoms with Crippen LogP contribution in [0.1, 0.15) is 0 Å². The second kappa shape index (κ2) is 5.99. The molecule has 0 atom stereocenters. The molecular weight excluding hydrogens is 281 g/mol. The Bertz CT molecular complexity index is 599. The van der Waals surface area contributed by atoms with Gasteiger partial charge in [-0.3, -0.25) is 0 Å². The first-order chi connectivity index (χ1) is 9.89. The molecule has 1 aromatic carbocycles. The third-order valence-electron chi connectivity index (χ3n) is 2.81. The number of rotatable bonds is 4. The molecule has 1 heterocycles. The van der Waals surface area contributed by atoms with Crippen molar-refractivity contribution in [1.29, 1.82) is 0 Å². The lowest BCUT2D eigenvalue weighted by molar-refractivity contribution is -0.119. The van der Waals surface area contributed by atoms with Crippen molar-refractivity contribution in [3.63, 3.8) is 0 Å². The van der Waals surface area contributed by atoms with E-state index in [1.165, 1.54) is 13.1 Å². The zero-order chi connectivity index (χ0) is 15.5. The summed E-state index contributed by atoms with van der Waals surface area (Å²) in [6.45, 7) is -1.07. The number of benzene rings is 1. The largest absolute Gasteiger partial charge is 0.405 e. The van der Waals surface area contributed by atoms with Gasteiger partial charge in [-0.2, -0.15) is 13.2 Å². The molecule has 0 bridgehead atoms. The lowest BCUT2D eigenvalue weighted by Crippen LogP contribution is -2.31. The van der Waals surface area contributed by atoms with Gasteiger partial charge in [-0.25, -0.2) is 9.97 Å². The van der Waals surface area contributed by atoms with E-state index in [2.05, 4.69) is 15.3 Å². The molecule has 4 nitrogen and oxygen atoms in total. The van der Waals surface area contributed by atoms with Crippen LogP contribution in [0.5, 0.6) is 0 Å². The van der Waals surface area contributed by atoms with Gasteiger partial charge in [-0.1, -0.05) is 30.3 Å². The molecule has 0 saturated heterocycles. The topological polar surface area (TPSA) is 41.0 Å². The average Bonchev–Trinajstić information content (AvgIpc) is 2.46. The molecule has 0 amide bonds. The Morgan fingerprint density at radius 2 is 1.81 bits per heavy atom. The van der Waals surface area contributed by atoms with Gasteiger partial charge < -0.3 is 10.2 Å². The summed E-state index contributed by atoms with van der Waals surface area (Å²) in [6.07, 6.45) is -4.29. The SMILES string of the molecule is CNc1cc(N(C)CC(F)(F)F)nc(-c2ccccc2)n1. The van der Waals surface area contributed by atoms with Crippen LogP contribution in [0.2, 0.25) is 0 Å². The van der Waals surface area contributed by atoms with E-state index in [1.54, 1.807) is 7.05 Å². The summed E-state index contributed by atoms with van der Waals surface area (Å²) in [5, 5.41) is 2.84. The Balaban J connectivity index is 2.39. The zero-order valence-corrected chi connectivity index (χ0v) is 11.6. The highest BCUT2D eigenvalue weighted by Crippen LogP contribution is 2.24. The minimum absolute atomic E-state index is 0.213. The van der Waals surface area contributed by atoms with Crippen molar-refractivity contribution >= 4 is 11.6 Å². The van der Waals surface area contributed by atoms with Crippen molar-refractivity contribution in [3.05, 3.63) is 36.4 Å². The number of nitrogens with one attached hydrogen (secondary N) is 1. The van der Waals surface area contributed by atoms with Gasteiger partial charge in [0, 0.05) is 25.7 Å². The molecule has 0 aliphatic carbocycles. The number of hydrogen-bond donors (Lipinski definition) is 1. The monoisotopic (exact) mass is 296 g/mol. The van der Waals surface area contributed by atoms with E-state index < -0.39 is 12.7 Å².